The molecule has 4 aromatic rings. The number of hydrogen-bond donors (Lipinski definition) is 2. The van der Waals surface area contributed by atoms with Crippen molar-refractivity contribution in [1.29, 1.82) is 0 Å². The van der Waals surface area contributed by atoms with Gasteiger partial charge in [-0.15, -0.1) is 0 Å². The van der Waals surface area contributed by atoms with Gasteiger partial charge in [-0.25, -0.2) is 9.59 Å². The molecule has 0 aliphatic carbocycles. The number of alkyl carbamates (subject to hydrolysis) is 1. The summed E-state index contributed by atoms with van der Waals surface area (Å²) < 4.78 is 10.4. The smallest absolute Gasteiger partial charge is 0.408 e. The number of amides is 2. The zero-order valence-electron chi connectivity index (χ0n) is 24.8. The molecule has 4 rings (SSSR count). The lowest BCUT2D eigenvalue weighted by Crippen LogP contribution is -2.53. The number of fused-ring (bicyclic) bond motifs is 1. The molecule has 222 valence electrons. The maximum Gasteiger partial charge on any atom is 0.408 e. The minimum Gasteiger partial charge on any atom is -0.467 e. The lowest BCUT2D eigenvalue weighted by molar-refractivity contribution is -0.145. The number of hydrogen-bond acceptors (Lipinski definition) is 6. The van der Waals surface area contributed by atoms with E-state index in [-0.39, 0.29) is 18.6 Å². The van der Waals surface area contributed by atoms with E-state index < -0.39 is 35.7 Å². The first-order valence-corrected chi connectivity index (χ1v) is 14.1. The van der Waals surface area contributed by atoms with E-state index in [0.717, 1.165) is 16.3 Å². The Morgan fingerprint density at radius 3 is 1.91 bits per heavy atom. The Labute approximate surface area is 251 Å². The van der Waals surface area contributed by atoms with Crippen LogP contribution < -0.4 is 10.6 Å². The SMILES string of the molecule is COC(=O)[C@H](Cc1ccc(C(=O)c2ccccc2)cc1)NC(=O)[C@H](Cc1ccc2ccccc2c1)NC(=O)OC(C)(C)C. The van der Waals surface area contributed by atoms with E-state index in [1.54, 1.807) is 69.3 Å². The molecule has 0 spiro atoms. The molecule has 0 heterocycles. The van der Waals surface area contributed by atoms with Crippen molar-refractivity contribution in [1.82, 2.24) is 10.6 Å². The Kier molecular flexibility index (Phi) is 9.93. The van der Waals surface area contributed by atoms with Gasteiger partial charge in [-0.2, -0.15) is 0 Å². The fourth-order valence-corrected chi connectivity index (χ4v) is 4.65. The van der Waals surface area contributed by atoms with Gasteiger partial charge in [0.25, 0.3) is 0 Å². The van der Waals surface area contributed by atoms with Gasteiger partial charge in [0.15, 0.2) is 5.78 Å². The van der Waals surface area contributed by atoms with E-state index in [2.05, 4.69) is 10.6 Å². The van der Waals surface area contributed by atoms with Crippen LogP contribution in [0, 0.1) is 0 Å². The van der Waals surface area contributed by atoms with Crippen LogP contribution in [0.4, 0.5) is 4.79 Å². The second-order valence-electron chi connectivity index (χ2n) is 11.3. The van der Waals surface area contributed by atoms with E-state index in [1.807, 2.05) is 48.5 Å². The van der Waals surface area contributed by atoms with E-state index >= 15 is 0 Å². The first-order chi connectivity index (χ1) is 20.5. The van der Waals surface area contributed by atoms with Gasteiger partial charge < -0.3 is 20.1 Å². The zero-order valence-corrected chi connectivity index (χ0v) is 24.8. The number of ketones is 1. The van der Waals surface area contributed by atoms with Crippen LogP contribution in [0.25, 0.3) is 10.8 Å². The highest BCUT2D eigenvalue weighted by molar-refractivity contribution is 6.09. The van der Waals surface area contributed by atoms with Gasteiger partial charge in [0, 0.05) is 24.0 Å². The predicted molar refractivity (Wildman–Crippen MR) is 165 cm³/mol. The first kappa shape index (κ1) is 31.0. The molecule has 8 heteroatoms. The average Bonchev–Trinajstić information content (AvgIpc) is 2.99. The highest BCUT2D eigenvalue weighted by Crippen LogP contribution is 2.18. The molecular formula is C35H36N2O6. The number of carbonyl (C=O) groups is 4. The Morgan fingerprint density at radius 2 is 1.26 bits per heavy atom. The van der Waals surface area contributed by atoms with Crippen LogP contribution in [-0.2, 0) is 31.9 Å². The molecular weight excluding hydrogens is 544 g/mol. The molecule has 2 atom stereocenters. The fraction of sp³-hybridized carbons (Fsp3) is 0.257. The van der Waals surface area contributed by atoms with Gasteiger partial charge in [-0.1, -0.05) is 97.1 Å². The van der Waals surface area contributed by atoms with Crippen molar-refractivity contribution in [3.05, 3.63) is 119 Å². The molecule has 2 N–H and O–H groups in total. The van der Waals surface area contributed by atoms with E-state index in [9.17, 15) is 19.2 Å². The Balaban J connectivity index is 1.52. The number of nitrogens with one attached hydrogen (secondary N) is 2. The highest BCUT2D eigenvalue weighted by atomic mass is 16.6. The van der Waals surface area contributed by atoms with Crippen LogP contribution in [0.2, 0.25) is 0 Å². The number of rotatable bonds is 10. The fourth-order valence-electron chi connectivity index (χ4n) is 4.65. The Morgan fingerprint density at radius 1 is 0.674 bits per heavy atom. The first-order valence-electron chi connectivity index (χ1n) is 14.1. The molecule has 0 aromatic heterocycles. The predicted octanol–water partition coefficient (Wildman–Crippen LogP) is 5.41. The van der Waals surface area contributed by atoms with Gasteiger partial charge in [0.05, 0.1) is 7.11 Å². The van der Waals surface area contributed by atoms with Crippen LogP contribution in [0.1, 0.15) is 47.8 Å². The summed E-state index contributed by atoms with van der Waals surface area (Å²) in [6, 6.07) is 27.4. The molecule has 0 fully saturated rings. The van der Waals surface area contributed by atoms with Crippen molar-refractivity contribution in [2.75, 3.05) is 7.11 Å². The second kappa shape index (κ2) is 13.8. The van der Waals surface area contributed by atoms with Crippen molar-refractivity contribution in [2.24, 2.45) is 0 Å². The minimum atomic E-state index is -1.03. The molecule has 0 aliphatic rings. The molecule has 0 bridgehead atoms. The molecule has 2 amide bonds. The number of benzene rings is 4. The summed E-state index contributed by atoms with van der Waals surface area (Å²) in [4.78, 5) is 51.8. The van der Waals surface area contributed by atoms with Crippen molar-refractivity contribution in [3.63, 3.8) is 0 Å². The summed E-state index contributed by atoms with van der Waals surface area (Å²) in [6.07, 6.45) is -0.463. The summed E-state index contributed by atoms with van der Waals surface area (Å²) in [5.74, 6) is -1.32. The monoisotopic (exact) mass is 580 g/mol. The van der Waals surface area contributed by atoms with E-state index in [4.69, 9.17) is 9.47 Å². The Hall–Kier alpha value is -4.98. The molecule has 4 aromatic carbocycles. The molecule has 0 unspecified atom stereocenters. The average molecular weight is 581 g/mol. The normalized spacial score (nSPS) is 12.6. The van der Waals surface area contributed by atoms with Crippen LogP contribution in [0.15, 0.2) is 97.1 Å². The lowest BCUT2D eigenvalue weighted by atomic mass is 9.99. The molecule has 0 radical (unpaired) electrons. The number of ether oxygens (including phenoxy) is 2. The third-order valence-corrected chi connectivity index (χ3v) is 6.76. The second-order valence-corrected chi connectivity index (χ2v) is 11.3. The van der Waals surface area contributed by atoms with Crippen molar-refractivity contribution >= 4 is 34.5 Å². The number of methoxy groups -OCH3 is 1. The maximum atomic E-state index is 13.6. The van der Waals surface area contributed by atoms with Crippen molar-refractivity contribution < 1.29 is 28.7 Å². The van der Waals surface area contributed by atoms with Crippen molar-refractivity contribution in [2.45, 2.75) is 51.3 Å². The summed E-state index contributed by atoms with van der Waals surface area (Å²) in [5, 5.41) is 7.47. The summed E-state index contributed by atoms with van der Waals surface area (Å²) in [7, 11) is 1.24. The van der Waals surface area contributed by atoms with Crippen molar-refractivity contribution in [3.8, 4) is 0 Å². The van der Waals surface area contributed by atoms with Gasteiger partial charge in [0.2, 0.25) is 5.91 Å². The van der Waals surface area contributed by atoms with Gasteiger partial charge in [-0.3, -0.25) is 9.59 Å². The van der Waals surface area contributed by atoms with Gasteiger partial charge in [-0.05, 0) is 42.7 Å². The topological polar surface area (TPSA) is 111 Å². The molecule has 0 aliphatic heterocycles. The van der Waals surface area contributed by atoms with Crippen LogP contribution in [0.5, 0.6) is 0 Å². The largest absolute Gasteiger partial charge is 0.467 e. The Bertz CT molecular complexity index is 1590. The quantitative estimate of drug-likeness (QED) is 0.192. The van der Waals surface area contributed by atoms with Gasteiger partial charge in [0.1, 0.15) is 17.7 Å². The van der Waals surface area contributed by atoms with Gasteiger partial charge >= 0.3 is 12.1 Å². The van der Waals surface area contributed by atoms with Crippen LogP contribution >= 0.6 is 0 Å². The number of carbonyl (C=O) groups excluding carboxylic acids is 4. The number of esters is 1. The molecule has 0 saturated carbocycles. The molecule has 8 nitrogen and oxygen atoms in total. The standard InChI is InChI=1S/C35H36N2O6/c1-35(2,3)43-34(41)37-29(22-24-16-17-25-10-8-9-13-28(25)20-24)32(39)36-30(33(40)42-4)21-23-14-18-27(19-15-23)31(38)26-11-6-5-7-12-26/h5-20,29-30H,21-22H2,1-4H3,(H,36,39)(H,37,41)/t29-,30-/m0/s1. The molecule has 43 heavy (non-hydrogen) atoms. The van der Waals surface area contributed by atoms with Crippen LogP contribution in [-0.4, -0.2) is 48.5 Å². The maximum absolute atomic E-state index is 13.6. The third kappa shape index (κ3) is 8.75. The summed E-state index contributed by atoms with van der Waals surface area (Å²) in [6.45, 7) is 5.20. The third-order valence-electron chi connectivity index (χ3n) is 6.76. The summed E-state index contributed by atoms with van der Waals surface area (Å²) >= 11 is 0. The van der Waals surface area contributed by atoms with Crippen LogP contribution in [0.3, 0.4) is 0 Å². The minimum absolute atomic E-state index is 0.116. The van der Waals surface area contributed by atoms with E-state index in [0.29, 0.717) is 16.7 Å². The highest BCUT2D eigenvalue weighted by Gasteiger charge is 2.29. The summed E-state index contributed by atoms with van der Waals surface area (Å²) in [5.41, 5.74) is 1.85. The lowest BCUT2D eigenvalue weighted by Gasteiger charge is -2.25. The zero-order chi connectivity index (χ0) is 31.0. The van der Waals surface area contributed by atoms with E-state index in [1.165, 1.54) is 7.11 Å². The molecule has 0 saturated heterocycles.